The number of ether oxygens (including phenoxy) is 1. The van der Waals surface area contributed by atoms with Gasteiger partial charge in [0, 0.05) is 6.42 Å². The molecule has 0 radical (unpaired) electrons. The number of fused-ring (bicyclic) bond motifs is 1. The van der Waals surface area contributed by atoms with Gasteiger partial charge in [0.2, 0.25) is 0 Å². The van der Waals surface area contributed by atoms with Gasteiger partial charge < -0.3 is 9.16 Å². The minimum Gasteiger partial charge on any atom is -0.497 e. The molecule has 1 aliphatic carbocycles. The molecule has 0 saturated carbocycles. The zero-order valence-corrected chi connectivity index (χ0v) is 21.1. The van der Waals surface area contributed by atoms with Gasteiger partial charge in [0.05, 0.1) is 13.2 Å². The van der Waals surface area contributed by atoms with Crippen LogP contribution in [0.25, 0.3) is 11.1 Å². The summed E-state index contributed by atoms with van der Waals surface area (Å²) in [5.74, 6) is 0.872. The highest BCUT2D eigenvalue weighted by Gasteiger charge is 2.41. The molecule has 1 aliphatic rings. The lowest BCUT2D eigenvalue weighted by Gasteiger charge is -2.38. The van der Waals surface area contributed by atoms with Crippen LogP contribution in [0.3, 0.4) is 0 Å². The van der Waals surface area contributed by atoms with E-state index in [1.165, 1.54) is 33.4 Å². The third-order valence-corrected chi connectivity index (χ3v) is 11.5. The normalized spacial score (nSPS) is 17.8. The van der Waals surface area contributed by atoms with Crippen LogP contribution in [0.1, 0.15) is 55.5 Å². The fraction of sp³-hybridized carbons (Fsp3) is 0.310. The standard InChI is InChI=1S/C29H34O2Si/c1-29(2,3)32(5,6)31-27-20-26(24-14-10-11-15-25(24)27)28(21-12-8-7-9-13-21)22-16-18-23(30-4)19-17-22/h7-19,27H,20H2,1-6H3/b28-26-. The van der Waals surface area contributed by atoms with Gasteiger partial charge in [-0.2, -0.15) is 0 Å². The van der Waals surface area contributed by atoms with Crippen molar-refractivity contribution in [3.63, 3.8) is 0 Å². The predicted molar refractivity (Wildman–Crippen MR) is 137 cm³/mol. The summed E-state index contributed by atoms with van der Waals surface area (Å²) in [6, 6.07) is 27.9. The van der Waals surface area contributed by atoms with Crippen LogP contribution in [0.5, 0.6) is 5.75 Å². The van der Waals surface area contributed by atoms with Gasteiger partial charge in [-0.15, -0.1) is 0 Å². The monoisotopic (exact) mass is 442 g/mol. The SMILES string of the molecule is COc1ccc(/C(=C2/CC(O[Si](C)(C)C(C)(C)C)c3ccccc32)c2ccccc2)cc1. The topological polar surface area (TPSA) is 18.5 Å². The molecule has 1 atom stereocenters. The summed E-state index contributed by atoms with van der Waals surface area (Å²) in [6.45, 7) is 11.6. The second-order valence-electron chi connectivity index (χ2n) is 10.1. The van der Waals surface area contributed by atoms with E-state index in [1.54, 1.807) is 7.11 Å². The van der Waals surface area contributed by atoms with Crippen molar-refractivity contribution in [1.29, 1.82) is 0 Å². The number of hydrogen-bond donors (Lipinski definition) is 0. The Balaban J connectivity index is 1.87. The summed E-state index contributed by atoms with van der Waals surface area (Å²) in [4.78, 5) is 0. The first-order valence-electron chi connectivity index (χ1n) is 11.4. The lowest BCUT2D eigenvalue weighted by Crippen LogP contribution is -2.41. The first-order chi connectivity index (χ1) is 15.2. The molecule has 0 saturated heterocycles. The van der Waals surface area contributed by atoms with Gasteiger partial charge >= 0.3 is 0 Å². The van der Waals surface area contributed by atoms with Gasteiger partial charge in [0.1, 0.15) is 5.75 Å². The molecule has 0 fully saturated rings. The van der Waals surface area contributed by atoms with Crippen molar-refractivity contribution in [3.8, 4) is 5.75 Å². The van der Waals surface area contributed by atoms with Crippen LogP contribution in [0, 0.1) is 0 Å². The molecule has 166 valence electrons. The van der Waals surface area contributed by atoms with Crippen molar-refractivity contribution in [2.45, 2.75) is 51.4 Å². The molecule has 0 bridgehead atoms. The summed E-state index contributed by atoms with van der Waals surface area (Å²) >= 11 is 0. The first kappa shape index (κ1) is 22.6. The lowest BCUT2D eigenvalue weighted by molar-refractivity contribution is 0.195. The van der Waals surface area contributed by atoms with Crippen molar-refractivity contribution in [2.75, 3.05) is 7.11 Å². The quantitative estimate of drug-likeness (QED) is 0.371. The first-order valence-corrected chi connectivity index (χ1v) is 14.3. The van der Waals surface area contributed by atoms with E-state index >= 15 is 0 Å². The van der Waals surface area contributed by atoms with Crippen molar-refractivity contribution in [3.05, 3.63) is 101 Å². The van der Waals surface area contributed by atoms with E-state index in [0.717, 1.165) is 12.2 Å². The van der Waals surface area contributed by atoms with Crippen LogP contribution in [-0.4, -0.2) is 15.4 Å². The molecule has 3 aromatic rings. The van der Waals surface area contributed by atoms with Crippen molar-refractivity contribution >= 4 is 19.5 Å². The van der Waals surface area contributed by atoms with E-state index in [2.05, 4.69) is 101 Å². The number of hydrogen-bond acceptors (Lipinski definition) is 2. The Morgan fingerprint density at radius 1 is 0.812 bits per heavy atom. The average molecular weight is 443 g/mol. The van der Waals surface area contributed by atoms with Crippen molar-refractivity contribution < 1.29 is 9.16 Å². The van der Waals surface area contributed by atoms with E-state index in [4.69, 9.17) is 9.16 Å². The number of methoxy groups -OCH3 is 1. The molecule has 0 N–H and O–H groups in total. The van der Waals surface area contributed by atoms with Gasteiger partial charge in [-0.05, 0) is 63.7 Å². The molecule has 4 rings (SSSR count). The van der Waals surface area contributed by atoms with E-state index in [-0.39, 0.29) is 11.1 Å². The highest BCUT2D eigenvalue weighted by atomic mass is 28.4. The van der Waals surface area contributed by atoms with Gasteiger partial charge in [-0.25, -0.2) is 0 Å². The van der Waals surface area contributed by atoms with Crippen LogP contribution < -0.4 is 4.74 Å². The second kappa shape index (κ2) is 8.72. The zero-order valence-electron chi connectivity index (χ0n) is 20.1. The van der Waals surface area contributed by atoms with E-state index in [1.807, 2.05) is 12.1 Å². The maximum Gasteiger partial charge on any atom is 0.192 e. The maximum atomic E-state index is 6.96. The lowest BCUT2D eigenvalue weighted by atomic mass is 9.90. The molecule has 0 aromatic heterocycles. The number of benzene rings is 3. The van der Waals surface area contributed by atoms with E-state index in [9.17, 15) is 0 Å². The fourth-order valence-electron chi connectivity index (χ4n) is 4.21. The second-order valence-corrected chi connectivity index (χ2v) is 14.9. The van der Waals surface area contributed by atoms with Gasteiger partial charge in [0.15, 0.2) is 8.32 Å². The Hall–Kier alpha value is -2.62. The summed E-state index contributed by atoms with van der Waals surface area (Å²) < 4.78 is 12.4. The largest absolute Gasteiger partial charge is 0.497 e. The molecular weight excluding hydrogens is 408 g/mol. The van der Waals surface area contributed by atoms with E-state index in [0.29, 0.717) is 0 Å². The Labute approximate surface area is 194 Å². The summed E-state index contributed by atoms with van der Waals surface area (Å²) in [7, 11) is -0.203. The Kier molecular flexibility index (Phi) is 6.15. The fourth-order valence-corrected chi connectivity index (χ4v) is 5.48. The smallest absolute Gasteiger partial charge is 0.192 e. The minimum atomic E-state index is -1.91. The van der Waals surface area contributed by atoms with Crippen molar-refractivity contribution in [2.24, 2.45) is 0 Å². The predicted octanol–water partition coefficient (Wildman–Crippen LogP) is 8.12. The van der Waals surface area contributed by atoms with Crippen LogP contribution in [0.15, 0.2) is 78.9 Å². The average Bonchev–Trinajstić information content (AvgIpc) is 3.12. The van der Waals surface area contributed by atoms with Gasteiger partial charge in [-0.3, -0.25) is 0 Å². The highest BCUT2D eigenvalue weighted by Crippen LogP contribution is 2.50. The highest BCUT2D eigenvalue weighted by molar-refractivity contribution is 6.74. The molecule has 3 heteroatoms. The number of rotatable bonds is 5. The third kappa shape index (κ3) is 4.32. The summed E-state index contributed by atoms with van der Waals surface area (Å²) in [5.41, 5.74) is 7.70. The molecule has 0 heterocycles. The minimum absolute atomic E-state index is 0.0963. The molecular formula is C29H34O2Si. The summed E-state index contributed by atoms with van der Waals surface area (Å²) in [6.07, 6.45) is 0.987. The molecule has 0 amide bonds. The van der Waals surface area contributed by atoms with Crippen LogP contribution in [0.2, 0.25) is 18.1 Å². The van der Waals surface area contributed by atoms with Crippen molar-refractivity contribution in [1.82, 2.24) is 0 Å². The molecule has 3 aromatic carbocycles. The van der Waals surface area contributed by atoms with Crippen LogP contribution in [0.4, 0.5) is 0 Å². The molecule has 1 unspecified atom stereocenters. The van der Waals surface area contributed by atoms with E-state index < -0.39 is 8.32 Å². The maximum absolute atomic E-state index is 6.96. The Morgan fingerprint density at radius 3 is 2.03 bits per heavy atom. The molecule has 0 spiro atoms. The zero-order chi connectivity index (χ0) is 22.9. The Morgan fingerprint density at radius 2 is 1.41 bits per heavy atom. The third-order valence-electron chi connectivity index (χ3n) is 7.01. The van der Waals surface area contributed by atoms with Gasteiger partial charge in [-0.1, -0.05) is 87.5 Å². The van der Waals surface area contributed by atoms with Gasteiger partial charge in [0.25, 0.3) is 0 Å². The van der Waals surface area contributed by atoms with Crippen LogP contribution in [-0.2, 0) is 4.43 Å². The summed E-state index contributed by atoms with van der Waals surface area (Å²) in [5, 5.41) is 0.173. The van der Waals surface area contributed by atoms with Crippen LogP contribution >= 0.6 is 0 Å². The Bertz CT molecular complexity index is 1110. The molecule has 2 nitrogen and oxygen atoms in total. The molecule has 0 aliphatic heterocycles. The molecule has 32 heavy (non-hydrogen) atoms.